The Morgan fingerprint density at radius 1 is 1.50 bits per heavy atom. The number of nitrogens with zero attached hydrogens (tertiary/aromatic N) is 3. The molecule has 0 spiro atoms. The van der Waals surface area contributed by atoms with Crippen molar-refractivity contribution in [2.75, 3.05) is 0 Å². The highest BCUT2D eigenvalue weighted by Gasteiger charge is 2.21. The highest BCUT2D eigenvalue weighted by Crippen LogP contribution is 2.26. The van der Waals surface area contributed by atoms with Gasteiger partial charge in [-0.15, -0.1) is 0 Å². The zero-order chi connectivity index (χ0) is 12.1. The quantitative estimate of drug-likeness (QED) is 0.345. The summed E-state index contributed by atoms with van der Waals surface area (Å²) in [5, 5.41) is 10.7. The van der Waals surface area contributed by atoms with Crippen LogP contribution >= 0.6 is 11.6 Å². The SMILES string of the molecule is CC[CH]CCc1nc(C)nc(Cl)c1[N+](=O)[O-]. The molecule has 5 nitrogen and oxygen atoms in total. The number of unbranched alkanes of at least 4 members (excludes halogenated alkanes) is 2. The Balaban J connectivity index is 2.99. The molecule has 87 valence electrons. The van der Waals surface area contributed by atoms with Gasteiger partial charge in [0.25, 0.3) is 0 Å². The first-order valence-electron chi connectivity index (χ1n) is 5.05. The van der Waals surface area contributed by atoms with E-state index in [0.29, 0.717) is 17.9 Å². The predicted octanol–water partition coefficient (Wildman–Crippen LogP) is 2.89. The summed E-state index contributed by atoms with van der Waals surface area (Å²) in [6, 6.07) is 0. The second-order valence-corrected chi connectivity index (χ2v) is 3.71. The van der Waals surface area contributed by atoms with Gasteiger partial charge >= 0.3 is 5.69 Å². The molecule has 1 radical (unpaired) electrons. The molecule has 1 heterocycles. The second kappa shape index (κ2) is 5.75. The molecule has 1 rings (SSSR count). The zero-order valence-electron chi connectivity index (χ0n) is 9.23. The van der Waals surface area contributed by atoms with Crippen LogP contribution in [0.3, 0.4) is 0 Å². The number of aryl methyl sites for hydroxylation is 2. The van der Waals surface area contributed by atoms with Crippen LogP contribution in [0.2, 0.25) is 5.15 Å². The summed E-state index contributed by atoms with van der Waals surface area (Å²) in [6.07, 6.45) is 4.26. The van der Waals surface area contributed by atoms with Gasteiger partial charge in [-0.2, -0.15) is 0 Å². The van der Waals surface area contributed by atoms with Crippen LogP contribution in [0.15, 0.2) is 0 Å². The van der Waals surface area contributed by atoms with Crippen molar-refractivity contribution in [3.63, 3.8) is 0 Å². The molecular formula is C10H13ClN3O2. The van der Waals surface area contributed by atoms with Crippen LogP contribution in [0.1, 0.15) is 31.3 Å². The molecule has 0 aliphatic rings. The van der Waals surface area contributed by atoms with E-state index in [0.717, 1.165) is 12.8 Å². The first-order chi connectivity index (χ1) is 7.56. The molecule has 0 saturated heterocycles. The van der Waals surface area contributed by atoms with Gasteiger partial charge in [-0.25, -0.2) is 9.97 Å². The summed E-state index contributed by atoms with van der Waals surface area (Å²) in [5.74, 6) is 0.460. The average Bonchev–Trinajstić information content (AvgIpc) is 2.16. The van der Waals surface area contributed by atoms with Crippen molar-refractivity contribution >= 4 is 17.3 Å². The molecule has 0 unspecified atom stereocenters. The molecule has 0 N–H and O–H groups in total. The summed E-state index contributed by atoms with van der Waals surface area (Å²) in [4.78, 5) is 18.1. The van der Waals surface area contributed by atoms with E-state index in [4.69, 9.17) is 11.6 Å². The van der Waals surface area contributed by atoms with Gasteiger partial charge < -0.3 is 0 Å². The maximum atomic E-state index is 10.8. The van der Waals surface area contributed by atoms with Crippen LogP contribution in [-0.2, 0) is 6.42 Å². The molecule has 1 aromatic rings. The van der Waals surface area contributed by atoms with Crippen molar-refractivity contribution in [1.29, 1.82) is 0 Å². The topological polar surface area (TPSA) is 68.9 Å². The fourth-order valence-corrected chi connectivity index (χ4v) is 1.69. The molecule has 0 aliphatic carbocycles. The molecule has 0 fully saturated rings. The fourth-order valence-electron chi connectivity index (χ4n) is 1.39. The number of nitro groups is 1. The normalized spacial score (nSPS) is 10.4. The van der Waals surface area contributed by atoms with Gasteiger partial charge in [-0.05, 0) is 26.2 Å². The average molecular weight is 243 g/mol. The van der Waals surface area contributed by atoms with Crippen molar-refractivity contribution in [2.24, 2.45) is 0 Å². The van der Waals surface area contributed by atoms with E-state index in [1.54, 1.807) is 6.92 Å². The molecule has 0 saturated carbocycles. The number of rotatable bonds is 5. The van der Waals surface area contributed by atoms with Crippen molar-refractivity contribution in [1.82, 2.24) is 9.97 Å². The third-order valence-electron chi connectivity index (χ3n) is 2.08. The minimum absolute atomic E-state index is 0.0796. The van der Waals surface area contributed by atoms with E-state index >= 15 is 0 Å². The lowest BCUT2D eigenvalue weighted by atomic mass is 10.1. The molecule has 0 aliphatic heterocycles. The van der Waals surface area contributed by atoms with E-state index < -0.39 is 4.92 Å². The molecular weight excluding hydrogens is 230 g/mol. The monoisotopic (exact) mass is 242 g/mol. The van der Waals surface area contributed by atoms with Crippen LogP contribution in [0, 0.1) is 23.5 Å². The van der Waals surface area contributed by atoms with Crippen molar-refractivity contribution in [3.05, 3.63) is 33.2 Å². The second-order valence-electron chi connectivity index (χ2n) is 3.35. The smallest absolute Gasteiger partial charge is 0.258 e. The Labute approximate surface area is 99.0 Å². The van der Waals surface area contributed by atoms with Gasteiger partial charge in [-0.1, -0.05) is 24.9 Å². The van der Waals surface area contributed by atoms with E-state index in [1.165, 1.54) is 0 Å². The fraction of sp³-hybridized carbons (Fsp3) is 0.500. The summed E-state index contributed by atoms with van der Waals surface area (Å²) in [6.45, 7) is 3.69. The Bertz CT molecular complexity index is 396. The lowest BCUT2D eigenvalue weighted by Crippen LogP contribution is -2.04. The lowest BCUT2D eigenvalue weighted by molar-refractivity contribution is -0.386. The first kappa shape index (κ1) is 12.8. The number of hydrogen-bond acceptors (Lipinski definition) is 4. The number of hydrogen-bond donors (Lipinski definition) is 0. The molecule has 1 aromatic heterocycles. The van der Waals surface area contributed by atoms with Crippen LogP contribution in [-0.4, -0.2) is 14.9 Å². The zero-order valence-corrected chi connectivity index (χ0v) is 9.99. The highest BCUT2D eigenvalue weighted by molar-refractivity contribution is 6.31. The van der Waals surface area contributed by atoms with Crippen molar-refractivity contribution in [2.45, 2.75) is 33.1 Å². The summed E-state index contributed by atoms with van der Waals surface area (Å²) < 4.78 is 0. The molecule has 0 atom stereocenters. The highest BCUT2D eigenvalue weighted by atomic mass is 35.5. The van der Waals surface area contributed by atoms with Gasteiger partial charge in [0, 0.05) is 0 Å². The Hall–Kier alpha value is -1.23. The number of halogens is 1. The van der Waals surface area contributed by atoms with Gasteiger partial charge in [0.1, 0.15) is 11.5 Å². The van der Waals surface area contributed by atoms with Gasteiger partial charge in [-0.3, -0.25) is 10.1 Å². The largest absolute Gasteiger partial charge is 0.327 e. The summed E-state index contributed by atoms with van der Waals surface area (Å²) >= 11 is 5.74. The maximum absolute atomic E-state index is 10.8. The standard InChI is InChI=1S/C10H13ClN3O2/c1-3-4-5-6-8-9(14(15)16)10(11)13-7(2)12-8/h4H,3,5-6H2,1-2H3. The van der Waals surface area contributed by atoms with E-state index in [2.05, 4.69) is 16.4 Å². The van der Waals surface area contributed by atoms with E-state index in [1.807, 2.05) is 6.92 Å². The van der Waals surface area contributed by atoms with Crippen LogP contribution < -0.4 is 0 Å². The van der Waals surface area contributed by atoms with Crippen LogP contribution in [0.5, 0.6) is 0 Å². The lowest BCUT2D eigenvalue weighted by Gasteiger charge is -2.03. The Kier molecular flexibility index (Phi) is 4.61. The Morgan fingerprint density at radius 2 is 2.19 bits per heavy atom. The minimum Gasteiger partial charge on any atom is -0.258 e. The molecule has 0 amide bonds. The molecule has 0 aromatic carbocycles. The molecule has 0 bridgehead atoms. The molecule has 6 heteroatoms. The van der Waals surface area contributed by atoms with E-state index in [-0.39, 0.29) is 10.8 Å². The number of aromatic nitrogens is 2. The van der Waals surface area contributed by atoms with Gasteiger partial charge in [0.2, 0.25) is 5.15 Å². The van der Waals surface area contributed by atoms with E-state index in [9.17, 15) is 10.1 Å². The molecule has 16 heavy (non-hydrogen) atoms. The Morgan fingerprint density at radius 3 is 2.75 bits per heavy atom. The maximum Gasteiger partial charge on any atom is 0.327 e. The first-order valence-corrected chi connectivity index (χ1v) is 5.43. The third-order valence-corrected chi connectivity index (χ3v) is 2.35. The predicted molar refractivity (Wildman–Crippen MR) is 61.3 cm³/mol. The van der Waals surface area contributed by atoms with Crippen LogP contribution in [0.25, 0.3) is 0 Å². The summed E-state index contributed by atoms with van der Waals surface area (Å²) in [5.41, 5.74) is 0.240. The minimum atomic E-state index is -0.525. The van der Waals surface area contributed by atoms with Crippen LogP contribution in [0.4, 0.5) is 5.69 Å². The van der Waals surface area contributed by atoms with Crippen molar-refractivity contribution in [3.8, 4) is 0 Å². The summed E-state index contributed by atoms with van der Waals surface area (Å²) in [7, 11) is 0. The van der Waals surface area contributed by atoms with Gasteiger partial charge in [0.05, 0.1) is 4.92 Å². The van der Waals surface area contributed by atoms with Crippen molar-refractivity contribution < 1.29 is 4.92 Å². The van der Waals surface area contributed by atoms with Gasteiger partial charge in [0.15, 0.2) is 0 Å². The third kappa shape index (κ3) is 3.13.